The SMILES string of the molecule is C[C@@H]1[C@@H](N)C(=O)N1c1cnn(CC2CC2)c1. The lowest BCUT2D eigenvalue weighted by Crippen LogP contribution is -2.67. The van der Waals surface area contributed by atoms with E-state index in [2.05, 4.69) is 5.10 Å². The Labute approximate surface area is 94.2 Å². The van der Waals surface area contributed by atoms with Gasteiger partial charge in [-0.05, 0) is 25.7 Å². The van der Waals surface area contributed by atoms with Gasteiger partial charge in [-0.2, -0.15) is 5.10 Å². The van der Waals surface area contributed by atoms with E-state index in [4.69, 9.17) is 5.73 Å². The Bertz CT molecular complexity index is 423. The highest BCUT2D eigenvalue weighted by molar-refractivity contribution is 6.05. The minimum Gasteiger partial charge on any atom is -0.318 e. The van der Waals surface area contributed by atoms with Gasteiger partial charge in [0.05, 0.1) is 17.9 Å². The number of aromatic nitrogens is 2. The molecular weight excluding hydrogens is 204 g/mol. The van der Waals surface area contributed by atoms with Crippen molar-refractivity contribution in [1.82, 2.24) is 9.78 Å². The summed E-state index contributed by atoms with van der Waals surface area (Å²) in [7, 11) is 0. The van der Waals surface area contributed by atoms with Crippen LogP contribution in [0.5, 0.6) is 0 Å². The van der Waals surface area contributed by atoms with Crippen LogP contribution in [0.15, 0.2) is 12.4 Å². The fourth-order valence-electron chi connectivity index (χ4n) is 2.15. The third-order valence-electron chi connectivity index (χ3n) is 3.49. The van der Waals surface area contributed by atoms with Crippen LogP contribution in [0.3, 0.4) is 0 Å². The summed E-state index contributed by atoms with van der Waals surface area (Å²) in [5.74, 6) is 0.790. The highest BCUT2D eigenvalue weighted by Crippen LogP contribution is 2.31. The number of hydrogen-bond donors (Lipinski definition) is 1. The maximum Gasteiger partial charge on any atom is 0.246 e. The van der Waals surface area contributed by atoms with E-state index in [1.54, 1.807) is 11.1 Å². The first-order valence-corrected chi connectivity index (χ1v) is 5.78. The topological polar surface area (TPSA) is 64.2 Å². The summed E-state index contributed by atoms with van der Waals surface area (Å²) in [4.78, 5) is 13.3. The molecule has 1 saturated heterocycles. The van der Waals surface area contributed by atoms with Crippen molar-refractivity contribution in [2.75, 3.05) is 4.90 Å². The molecule has 0 unspecified atom stereocenters. The molecule has 0 radical (unpaired) electrons. The number of amides is 1. The second kappa shape index (κ2) is 3.31. The summed E-state index contributed by atoms with van der Waals surface area (Å²) in [5, 5.41) is 4.28. The van der Waals surface area contributed by atoms with E-state index in [1.807, 2.05) is 17.8 Å². The number of rotatable bonds is 3. The van der Waals surface area contributed by atoms with E-state index in [-0.39, 0.29) is 18.0 Å². The minimum absolute atomic E-state index is 0.00141. The maximum absolute atomic E-state index is 11.6. The molecule has 2 aliphatic rings. The third kappa shape index (κ3) is 1.43. The van der Waals surface area contributed by atoms with Crippen LogP contribution in [0.4, 0.5) is 5.69 Å². The molecule has 1 aliphatic carbocycles. The largest absolute Gasteiger partial charge is 0.318 e. The lowest BCUT2D eigenvalue weighted by molar-refractivity contribution is -0.125. The van der Waals surface area contributed by atoms with Crippen LogP contribution in [0, 0.1) is 5.92 Å². The maximum atomic E-state index is 11.6. The average Bonchev–Trinajstić information content (AvgIpc) is 2.98. The van der Waals surface area contributed by atoms with Gasteiger partial charge in [0.2, 0.25) is 5.91 Å². The number of anilines is 1. The van der Waals surface area contributed by atoms with Gasteiger partial charge in [0.15, 0.2) is 0 Å². The zero-order valence-electron chi connectivity index (χ0n) is 9.34. The summed E-state index contributed by atoms with van der Waals surface area (Å²) >= 11 is 0. The molecule has 2 atom stereocenters. The number of β-lactam (4-membered cyclic amide) rings is 1. The van der Waals surface area contributed by atoms with Crippen molar-refractivity contribution in [3.05, 3.63) is 12.4 Å². The van der Waals surface area contributed by atoms with Gasteiger partial charge >= 0.3 is 0 Å². The van der Waals surface area contributed by atoms with Crippen molar-refractivity contribution < 1.29 is 4.79 Å². The van der Waals surface area contributed by atoms with Gasteiger partial charge in [-0.3, -0.25) is 9.48 Å². The molecule has 0 bridgehead atoms. The predicted octanol–water partition coefficient (Wildman–Crippen LogP) is 0.355. The predicted molar refractivity (Wildman–Crippen MR) is 59.9 cm³/mol. The molecule has 5 heteroatoms. The first kappa shape index (κ1) is 9.84. The standard InChI is InChI=1S/C11H16N4O/c1-7-10(12)11(16)15(7)9-4-13-14(6-9)5-8-2-3-8/h4,6-8,10H,2-3,5,12H2,1H3/t7-,10-/m1/s1. The zero-order valence-corrected chi connectivity index (χ0v) is 9.34. The van der Waals surface area contributed by atoms with E-state index in [0.29, 0.717) is 0 Å². The van der Waals surface area contributed by atoms with Gasteiger partial charge in [0.1, 0.15) is 6.04 Å². The normalized spacial score (nSPS) is 29.4. The fourth-order valence-corrected chi connectivity index (χ4v) is 2.15. The van der Waals surface area contributed by atoms with Crippen molar-refractivity contribution in [1.29, 1.82) is 0 Å². The van der Waals surface area contributed by atoms with Gasteiger partial charge in [0.25, 0.3) is 0 Å². The number of nitrogens with zero attached hydrogens (tertiary/aromatic N) is 3. The molecule has 1 aromatic heterocycles. The molecule has 0 aromatic carbocycles. The van der Waals surface area contributed by atoms with E-state index < -0.39 is 0 Å². The van der Waals surface area contributed by atoms with Crippen LogP contribution in [0.25, 0.3) is 0 Å². The van der Waals surface area contributed by atoms with Crippen LogP contribution >= 0.6 is 0 Å². The third-order valence-corrected chi connectivity index (χ3v) is 3.49. The van der Waals surface area contributed by atoms with Crippen molar-refractivity contribution in [2.24, 2.45) is 11.7 Å². The summed E-state index contributed by atoms with van der Waals surface area (Å²) in [6.07, 6.45) is 6.31. The van der Waals surface area contributed by atoms with E-state index in [0.717, 1.165) is 18.2 Å². The van der Waals surface area contributed by atoms with Gasteiger partial charge in [0, 0.05) is 12.7 Å². The van der Waals surface area contributed by atoms with Crippen LogP contribution in [0.1, 0.15) is 19.8 Å². The molecule has 86 valence electrons. The lowest BCUT2D eigenvalue weighted by Gasteiger charge is -2.42. The molecular formula is C11H16N4O. The monoisotopic (exact) mass is 220 g/mol. The number of hydrogen-bond acceptors (Lipinski definition) is 3. The molecule has 0 spiro atoms. The summed E-state index contributed by atoms with van der Waals surface area (Å²) in [5.41, 5.74) is 6.55. The highest BCUT2D eigenvalue weighted by atomic mass is 16.2. The van der Waals surface area contributed by atoms with Gasteiger partial charge in [-0.25, -0.2) is 0 Å². The van der Waals surface area contributed by atoms with Crippen LogP contribution in [-0.2, 0) is 11.3 Å². The minimum atomic E-state index is -0.341. The second-order valence-electron chi connectivity index (χ2n) is 4.84. The van der Waals surface area contributed by atoms with E-state index >= 15 is 0 Å². The second-order valence-corrected chi connectivity index (χ2v) is 4.84. The summed E-state index contributed by atoms with van der Waals surface area (Å²) in [6, 6.07) is -0.252. The van der Waals surface area contributed by atoms with Crippen molar-refractivity contribution >= 4 is 11.6 Å². The molecule has 1 aliphatic heterocycles. The highest BCUT2D eigenvalue weighted by Gasteiger charge is 2.43. The average molecular weight is 220 g/mol. The fraction of sp³-hybridized carbons (Fsp3) is 0.636. The molecule has 1 aromatic rings. The molecule has 2 fully saturated rings. The van der Waals surface area contributed by atoms with Gasteiger partial charge < -0.3 is 10.6 Å². The zero-order chi connectivity index (χ0) is 11.3. The molecule has 1 amide bonds. The Morgan fingerprint density at radius 1 is 1.56 bits per heavy atom. The number of carbonyl (C=O) groups is 1. The van der Waals surface area contributed by atoms with Gasteiger partial charge in [-0.1, -0.05) is 0 Å². The molecule has 16 heavy (non-hydrogen) atoms. The number of nitrogens with two attached hydrogens (primary N) is 1. The first-order valence-electron chi connectivity index (χ1n) is 5.78. The first-order chi connectivity index (χ1) is 7.66. The number of carbonyl (C=O) groups excluding carboxylic acids is 1. The summed E-state index contributed by atoms with van der Waals surface area (Å²) < 4.78 is 1.93. The molecule has 2 N–H and O–H groups in total. The van der Waals surface area contributed by atoms with Gasteiger partial charge in [-0.15, -0.1) is 0 Å². The van der Waals surface area contributed by atoms with E-state index in [9.17, 15) is 4.79 Å². The van der Waals surface area contributed by atoms with Crippen molar-refractivity contribution in [3.63, 3.8) is 0 Å². The van der Waals surface area contributed by atoms with E-state index in [1.165, 1.54) is 12.8 Å². The quantitative estimate of drug-likeness (QED) is 0.748. The Balaban J connectivity index is 1.74. The van der Waals surface area contributed by atoms with Crippen LogP contribution in [-0.4, -0.2) is 27.8 Å². The summed E-state index contributed by atoms with van der Waals surface area (Å²) in [6.45, 7) is 2.94. The smallest absolute Gasteiger partial charge is 0.246 e. The Morgan fingerprint density at radius 3 is 2.94 bits per heavy atom. The molecule has 3 rings (SSSR count). The van der Waals surface area contributed by atoms with Crippen LogP contribution < -0.4 is 10.6 Å². The molecule has 2 heterocycles. The lowest BCUT2D eigenvalue weighted by atomic mass is 9.97. The Morgan fingerprint density at radius 2 is 2.31 bits per heavy atom. The Hall–Kier alpha value is -1.36. The van der Waals surface area contributed by atoms with Crippen LogP contribution in [0.2, 0.25) is 0 Å². The molecule has 1 saturated carbocycles. The van der Waals surface area contributed by atoms with Crippen molar-refractivity contribution in [2.45, 2.75) is 38.4 Å². The Kier molecular flexibility index (Phi) is 2.04. The van der Waals surface area contributed by atoms with Crippen molar-refractivity contribution in [3.8, 4) is 0 Å². The molecule has 5 nitrogen and oxygen atoms in total.